The first-order valence-electron chi connectivity index (χ1n) is 12.6. The van der Waals surface area contributed by atoms with Gasteiger partial charge < -0.3 is 4.90 Å². The van der Waals surface area contributed by atoms with Gasteiger partial charge in [0.15, 0.2) is 17.5 Å². The van der Waals surface area contributed by atoms with E-state index in [0.717, 1.165) is 22.4 Å². The average Bonchev–Trinajstić information content (AvgIpc) is 3.32. The average molecular weight is 477 g/mol. The van der Waals surface area contributed by atoms with Crippen LogP contribution in [0.15, 0.2) is 133 Å². The lowest BCUT2D eigenvalue weighted by Crippen LogP contribution is -2.28. The molecule has 176 valence electrons. The second kappa shape index (κ2) is 8.99. The third kappa shape index (κ3) is 3.83. The minimum absolute atomic E-state index is 0.278. The molecule has 37 heavy (non-hydrogen) atoms. The fourth-order valence-electron chi connectivity index (χ4n) is 5.30. The van der Waals surface area contributed by atoms with E-state index in [2.05, 4.69) is 77.7 Å². The Bertz CT molecular complexity index is 1570. The number of benzene rings is 4. The van der Waals surface area contributed by atoms with Crippen molar-refractivity contribution in [3.05, 3.63) is 139 Å². The molecule has 2 unspecified atom stereocenters. The summed E-state index contributed by atoms with van der Waals surface area (Å²) in [4.78, 5) is 17.0. The smallest absolute Gasteiger partial charge is 0.164 e. The van der Waals surface area contributed by atoms with Gasteiger partial charge in [-0.25, -0.2) is 15.0 Å². The highest BCUT2D eigenvalue weighted by Crippen LogP contribution is 2.47. The van der Waals surface area contributed by atoms with Crippen molar-refractivity contribution in [1.82, 2.24) is 15.0 Å². The minimum Gasteiger partial charge on any atom is -0.333 e. The van der Waals surface area contributed by atoms with E-state index in [1.165, 1.54) is 11.3 Å². The van der Waals surface area contributed by atoms with Crippen molar-refractivity contribution in [1.29, 1.82) is 0 Å². The maximum atomic E-state index is 4.87. The van der Waals surface area contributed by atoms with Crippen LogP contribution in [-0.2, 0) is 0 Å². The molecule has 2 atom stereocenters. The molecule has 0 saturated carbocycles. The van der Waals surface area contributed by atoms with Gasteiger partial charge in [-0.05, 0) is 35.9 Å². The molecular formula is C33H24N4. The summed E-state index contributed by atoms with van der Waals surface area (Å²) < 4.78 is 0. The van der Waals surface area contributed by atoms with E-state index in [0.29, 0.717) is 23.4 Å². The van der Waals surface area contributed by atoms with Crippen molar-refractivity contribution < 1.29 is 0 Å². The van der Waals surface area contributed by atoms with Crippen LogP contribution in [0.3, 0.4) is 0 Å². The number of nitrogens with zero attached hydrogens (tertiary/aromatic N) is 4. The van der Waals surface area contributed by atoms with E-state index in [9.17, 15) is 0 Å². The van der Waals surface area contributed by atoms with Gasteiger partial charge in [-0.1, -0.05) is 103 Å². The predicted molar refractivity (Wildman–Crippen MR) is 150 cm³/mol. The van der Waals surface area contributed by atoms with Gasteiger partial charge in [0.25, 0.3) is 0 Å². The normalized spacial score (nSPS) is 17.5. The molecule has 0 bridgehead atoms. The topological polar surface area (TPSA) is 41.9 Å². The highest BCUT2D eigenvalue weighted by Gasteiger charge is 2.36. The molecule has 7 rings (SSSR count). The number of hydrogen-bond acceptors (Lipinski definition) is 4. The lowest BCUT2D eigenvalue weighted by Gasteiger charge is -2.28. The van der Waals surface area contributed by atoms with Crippen molar-refractivity contribution in [2.24, 2.45) is 0 Å². The zero-order valence-electron chi connectivity index (χ0n) is 20.1. The Hall–Kier alpha value is -4.83. The molecule has 4 aromatic carbocycles. The number of rotatable bonds is 4. The molecule has 0 fully saturated rings. The van der Waals surface area contributed by atoms with Gasteiger partial charge in [-0.15, -0.1) is 0 Å². The first-order valence-corrected chi connectivity index (χ1v) is 12.6. The summed E-state index contributed by atoms with van der Waals surface area (Å²) in [7, 11) is 0. The van der Waals surface area contributed by atoms with Gasteiger partial charge >= 0.3 is 0 Å². The standard InChI is InChI=1S/C33H24N4/c1-3-11-23(12-4-1)31-34-32(24-13-5-2-6-14-24)36-33(35-31)25-19-21-26(22-20-25)37-29-17-9-7-15-27(29)28-16-8-10-18-30(28)37/h1-22,27,29H. The quantitative estimate of drug-likeness (QED) is 0.268. The van der Waals surface area contributed by atoms with E-state index in [1.807, 2.05) is 60.7 Å². The fourth-order valence-corrected chi connectivity index (χ4v) is 5.30. The van der Waals surface area contributed by atoms with E-state index in [4.69, 9.17) is 15.0 Å². The number of fused-ring (bicyclic) bond motifs is 3. The molecule has 2 heterocycles. The third-order valence-electron chi connectivity index (χ3n) is 7.06. The first-order chi connectivity index (χ1) is 18.3. The fraction of sp³-hybridized carbons (Fsp3) is 0.0606. The Kier molecular flexibility index (Phi) is 5.21. The van der Waals surface area contributed by atoms with Gasteiger partial charge in [0, 0.05) is 34.0 Å². The van der Waals surface area contributed by atoms with Crippen molar-refractivity contribution in [3.63, 3.8) is 0 Å². The highest BCUT2D eigenvalue weighted by atomic mass is 15.2. The summed E-state index contributed by atoms with van der Waals surface area (Å²) in [5.41, 5.74) is 6.69. The summed E-state index contributed by atoms with van der Waals surface area (Å²) in [6, 6.07) is 37.7. The van der Waals surface area contributed by atoms with Crippen LogP contribution in [0.25, 0.3) is 34.2 Å². The molecule has 5 aromatic rings. The molecule has 1 aliphatic heterocycles. The second-order valence-corrected chi connectivity index (χ2v) is 9.30. The molecule has 4 nitrogen and oxygen atoms in total. The summed E-state index contributed by atoms with van der Waals surface area (Å²) in [5.74, 6) is 2.37. The molecule has 0 saturated heterocycles. The Morgan fingerprint density at radius 2 is 1.00 bits per heavy atom. The highest BCUT2D eigenvalue weighted by molar-refractivity contribution is 5.76. The zero-order chi connectivity index (χ0) is 24.6. The number of anilines is 2. The van der Waals surface area contributed by atoms with Gasteiger partial charge in [0.05, 0.1) is 6.04 Å². The number of aromatic nitrogens is 3. The van der Waals surface area contributed by atoms with Gasteiger partial charge in [0.2, 0.25) is 0 Å². The van der Waals surface area contributed by atoms with Crippen LogP contribution in [0.2, 0.25) is 0 Å². The van der Waals surface area contributed by atoms with E-state index in [1.54, 1.807) is 0 Å². The summed E-state index contributed by atoms with van der Waals surface area (Å²) >= 11 is 0. The van der Waals surface area contributed by atoms with Crippen molar-refractivity contribution in [2.45, 2.75) is 12.0 Å². The Morgan fingerprint density at radius 1 is 0.486 bits per heavy atom. The Morgan fingerprint density at radius 3 is 1.62 bits per heavy atom. The largest absolute Gasteiger partial charge is 0.333 e. The summed E-state index contributed by atoms with van der Waals surface area (Å²) in [6.07, 6.45) is 8.90. The van der Waals surface area contributed by atoms with Gasteiger partial charge in [0.1, 0.15) is 0 Å². The Labute approximate surface area is 216 Å². The number of hydrogen-bond donors (Lipinski definition) is 0. The van der Waals surface area contributed by atoms with Crippen LogP contribution in [0.5, 0.6) is 0 Å². The van der Waals surface area contributed by atoms with E-state index >= 15 is 0 Å². The van der Waals surface area contributed by atoms with Crippen molar-refractivity contribution in [3.8, 4) is 34.2 Å². The van der Waals surface area contributed by atoms with E-state index in [-0.39, 0.29) is 6.04 Å². The van der Waals surface area contributed by atoms with E-state index < -0.39 is 0 Å². The summed E-state index contributed by atoms with van der Waals surface area (Å²) in [6.45, 7) is 0. The van der Waals surface area contributed by atoms with Crippen LogP contribution in [0, 0.1) is 0 Å². The molecule has 0 radical (unpaired) electrons. The molecular weight excluding hydrogens is 452 g/mol. The predicted octanol–water partition coefficient (Wildman–Crippen LogP) is 7.60. The zero-order valence-corrected chi connectivity index (χ0v) is 20.1. The van der Waals surface area contributed by atoms with Crippen LogP contribution in [-0.4, -0.2) is 21.0 Å². The van der Waals surface area contributed by atoms with Gasteiger partial charge in [-0.2, -0.15) is 0 Å². The summed E-state index contributed by atoms with van der Waals surface area (Å²) in [5, 5.41) is 0. The lowest BCUT2D eigenvalue weighted by atomic mass is 9.91. The maximum absolute atomic E-state index is 4.87. The molecule has 4 heteroatoms. The Balaban J connectivity index is 1.30. The number of para-hydroxylation sites is 1. The third-order valence-corrected chi connectivity index (χ3v) is 7.06. The van der Waals surface area contributed by atoms with Crippen LogP contribution in [0.4, 0.5) is 11.4 Å². The molecule has 0 amide bonds. The first kappa shape index (κ1) is 21.5. The van der Waals surface area contributed by atoms with Crippen molar-refractivity contribution in [2.75, 3.05) is 4.90 Å². The van der Waals surface area contributed by atoms with Crippen LogP contribution >= 0.6 is 0 Å². The second-order valence-electron chi connectivity index (χ2n) is 9.30. The minimum atomic E-state index is 0.278. The molecule has 1 aromatic heterocycles. The molecule has 0 spiro atoms. The molecule has 2 aliphatic rings. The van der Waals surface area contributed by atoms with Gasteiger partial charge in [-0.3, -0.25) is 0 Å². The molecule has 0 N–H and O–H groups in total. The monoisotopic (exact) mass is 476 g/mol. The number of allylic oxidation sites excluding steroid dienone is 2. The molecule has 1 aliphatic carbocycles. The maximum Gasteiger partial charge on any atom is 0.164 e. The van der Waals surface area contributed by atoms with Crippen LogP contribution < -0.4 is 4.90 Å². The van der Waals surface area contributed by atoms with Crippen LogP contribution in [0.1, 0.15) is 11.5 Å². The van der Waals surface area contributed by atoms with Crippen molar-refractivity contribution >= 4 is 11.4 Å². The lowest BCUT2D eigenvalue weighted by molar-refractivity contribution is 0.745. The SMILES string of the molecule is C1=CC2c3ccccc3N(c3ccc(-c4nc(-c5ccccc5)nc(-c5ccccc5)n4)cc3)C2C=C1.